The maximum atomic E-state index is 12.7. The van der Waals surface area contributed by atoms with E-state index in [1.54, 1.807) is 12.4 Å². The molecule has 33 heavy (non-hydrogen) atoms. The summed E-state index contributed by atoms with van der Waals surface area (Å²) < 4.78 is 0. The second kappa shape index (κ2) is 9.89. The molecule has 9 heteroatoms. The quantitative estimate of drug-likeness (QED) is 0.605. The van der Waals surface area contributed by atoms with Gasteiger partial charge in [-0.15, -0.1) is 0 Å². The number of H-pyrrole nitrogens is 1. The molecule has 1 saturated heterocycles. The summed E-state index contributed by atoms with van der Waals surface area (Å²) in [6, 6.07) is 0.541. The van der Waals surface area contributed by atoms with Crippen molar-refractivity contribution in [1.82, 2.24) is 25.1 Å². The molecule has 5 rings (SSSR count). The average Bonchev–Trinajstić information content (AvgIpc) is 3.56. The third-order valence-corrected chi connectivity index (χ3v) is 7.73. The number of rotatable bonds is 4. The molecule has 2 fully saturated rings. The van der Waals surface area contributed by atoms with Crippen LogP contribution in [-0.4, -0.2) is 61.7 Å². The van der Waals surface area contributed by atoms with E-state index in [-0.39, 0.29) is 17.8 Å². The Morgan fingerprint density at radius 3 is 2.73 bits per heavy atom. The molecular formula is C24H34N6O3. The molecule has 178 valence electrons. The zero-order valence-electron chi connectivity index (χ0n) is 19.5. The monoisotopic (exact) mass is 454 g/mol. The predicted octanol–water partition coefficient (Wildman–Crippen LogP) is 3.32. The number of carboxylic acid groups (broad SMARTS) is 1. The van der Waals surface area contributed by atoms with E-state index in [1.807, 2.05) is 11.8 Å². The van der Waals surface area contributed by atoms with Crippen LogP contribution in [0.4, 0.5) is 5.82 Å². The second-order valence-electron chi connectivity index (χ2n) is 9.46. The van der Waals surface area contributed by atoms with E-state index in [9.17, 15) is 4.79 Å². The molecule has 3 aliphatic rings. The molecule has 1 saturated carbocycles. The maximum Gasteiger partial charge on any atom is 0.290 e. The topological polar surface area (TPSA) is 124 Å². The van der Waals surface area contributed by atoms with Gasteiger partial charge in [-0.05, 0) is 51.4 Å². The van der Waals surface area contributed by atoms with Crippen LogP contribution < -0.4 is 5.32 Å². The molecule has 0 unspecified atom stereocenters. The first-order valence-electron chi connectivity index (χ1n) is 12.0. The van der Waals surface area contributed by atoms with Gasteiger partial charge in [-0.3, -0.25) is 14.7 Å². The summed E-state index contributed by atoms with van der Waals surface area (Å²) in [5.74, 6) is 2.77. The first kappa shape index (κ1) is 23.2. The Morgan fingerprint density at radius 2 is 2.06 bits per heavy atom. The van der Waals surface area contributed by atoms with Gasteiger partial charge in [0.1, 0.15) is 11.6 Å². The lowest BCUT2D eigenvalue weighted by molar-refractivity contribution is -0.122. The highest BCUT2D eigenvalue weighted by atomic mass is 16.3. The summed E-state index contributed by atoms with van der Waals surface area (Å²) in [7, 11) is 0. The number of hydrogen-bond acceptors (Lipinski definition) is 6. The standard InChI is InChI=1S/C23H32N6O.CH2O2/c1-3-16-5-4-6-19(16)28-21-18-7-8-23(20(18)26-15(2)27-21)9-11-29(12-10-23)22(30)17-13-24-25-14-17;2-1-3/h13-14,16,19H,3-12H2,1-2H3,(H,24,25)(H,26,27,28);1H,(H,2,3)/t16-,19-;/m1./s1. The van der Waals surface area contributed by atoms with Gasteiger partial charge in [0.25, 0.3) is 12.4 Å². The Balaban J connectivity index is 0.000000821. The SMILES string of the molecule is CC[C@@H]1CCC[C@H]1Nc1nc(C)nc2c1CCC21CCN(C(=O)c2cn[nH]c2)CC1.O=CO. The number of likely N-dealkylation sites (tertiary alicyclic amines) is 1. The van der Waals surface area contributed by atoms with E-state index >= 15 is 0 Å². The Bertz CT molecular complexity index is 969. The number of anilines is 1. The van der Waals surface area contributed by atoms with Gasteiger partial charge in [-0.1, -0.05) is 19.8 Å². The lowest BCUT2D eigenvalue weighted by Crippen LogP contribution is -2.44. The lowest BCUT2D eigenvalue weighted by Gasteiger charge is -2.39. The van der Waals surface area contributed by atoms with E-state index in [0.29, 0.717) is 11.6 Å². The molecule has 2 aliphatic carbocycles. The fraction of sp³-hybridized carbons (Fsp3) is 0.625. The Hall–Kier alpha value is -2.97. The van der Waals surface area contributed by atoms with Crippen LogP contribution in [0.5, 0.6) is 0 Å². The van der Waals surface area contributed by atoms with Crippen molar-refractivity contribution in [3.05, 3.63) is 35.0 Å². The van der Waals surface area contributed by atoms with Gasteiger partial charge in [-0.25, -0.2) is 9.97 Å². The number of aromatic amines is 1. The van der Waals surface area contributed by atoms with Gasteiger partial charge >= 0.3 is 0 Å². The van der Waals surface area contributed by atoms with Gasteiger partial charge in [0, 0.05) is 36.3 Å². The summed E-state index contributed by atoms with van der Waals surface area (Å²) in [5.41, 5.74) is 3.31. The molecule has 1 spiro atoms. The molecule has 9 nitrogen and oxygen atoms in total. The minimum atomic E-state index is -0.250. The molecule has 0 aromatic carbocycles. The molecule has 0 radical (unpaired) electrons. The molecule has 2 atom stereocenters. The van der Waals surface area contributed by atoms with Crippen molar-refractivity contribution in [3.63, 3.8) is 0 Å². The maximum absolute atomic E-state index is 12.7. The molecule has 1 aliphatic heterocycles. The van der Waals surface area contributed by atoms with Crippen molar-refractivity contribution in [2.24, 2.45) is 5.92 Å². The largest absolute Gasteiger partial charge is 0.483 e. The van der Waals surface area contributed by atoms with E-state index in [1.165, 1.54) is 36.9 Å². The van der Waals surface area contributed by atoms with Gasteiger partial charge in [0.05, 0.1) is 17.5 Å². The number of piperidine rings is 1. The van der Waals surface area contributed by atoms with E-state index in [2.05, 4.69) is 22.4 Å². The molecule has 2 aromatic rings. The van der Waals surface area contributed by atoms with Crippen molar-refractivity contribution >= 4 is 18.2 Å². The van der Waals surface area contributed by atoms with Crippen LogP contribution in [0, 0.1) is 12.8 Å². The minimum absolute atomic E-state index is 0.0740. The molecule has 1 amide bonds. The van der Waals surface area contributed by atoms with Crippen molar-refractivity contribution in [2.45, 2.75) is 76.7 Å². The minimum Gasteiger partial charge on any atom is -0.483 e. The summed E-state index contributed by atoms with van der Waals surface area (Å²) in [5, 5.41) is 17.4. The molecular weight excluding hydrogens is 420 g/mol. The molecule has 2 aromatic heterocycles. The number of nitrogens with zero attached hydrogens (tertiary/aromatic N) is 4. The summed E-state index contributed by atoms with van der Waals surface area (Å²) in [4.78, 5) is 32.8. The number of aromatic nitrogens is 4. The second-order valence-corrected chi connectivity index (χ2v) is 9.46. The van der Waals surface area contributed by atoms with Crippen LogP contribution in [-0.2, 0) is 16.6 Å². The number of carbonyl (C=O) groups excluding carboxylic acids is 1. The van der Waals surface area contributed by atoms with Gasteiger partial charge in [0.15, 0.2) is 0 Å². The van der Waals surface area contributed by atoms with E-state index < -0.39 is 0 Å². The Morgan fingerprint density at radius 1 is 1.30 bits per heavy atom. The summed E-state index contributed by atoms with van der Waals surface area (Å²) >= 11 is 0. The van der Waals surface area contributed by atoms with Crippen LogP contribution in [0.1, 0.15) is 79.3 Å². The smallest absolute Gasteiger partial charge is 0.290 e. The van der Waals surface area contributed by atoms with Crippen LogP contribution in [0.25, 0.3) is 0 Å². The highest BCUT2D eigenvalue weighted by Gasteiger charge is 2.45. The van der Waals surface area contributed by atoms with Crippen molar-refractivity contribution in [2.75, 3.05) is 18.4 Å². The fourth-order valence-corrected chi connectivity index (χ4v) is 5.94. The first-order valence-corrected chi connectivity index (χ1v) is 12.0. The van der Waals surface area contributed by atoms with E-state index in [0.717, 1.165) is 56.3 Å². The van der Waals surface area contributed by atoms with Crippen LogP contribution in [0.3, 0.4) is 0 Å². The van der Waals surface area contributed by atoms with Crippen molar-refractivity contribution < 1.29 is 14.7 Å². The number of nitrogens with one attached hydrogen (secondary N) is 2. The van der Waals surface area contributed by atoms with Crippen LogP contribution >= 0.6 is 0 Å². The molecule has 3 N–H and O–H groups in total. The fourth-order valence-electron chi connectivity index (χ4n) is 5.94. The molecule has 3 heterocycles. The highest BCUT2D eigenvalue weighted by molar-refractivity contribution is 5.93. The zero-order chi connectivity index (χ0) is 23.4. The first-order chi connectivity index (χ1) is 16.0. The summed E-state index contributed by atoms with van der Waals surface area (Å²) in [6.07, 6.45) is 12.5. The normalized spacial score (nSPS) is 23.0. The number of hydrogen-bond donors (Lipinski definition) is 3. The summed E-state index contributed by atoms with van der Waals surface area (Å²) in [6.45, 7) is 5.61. The Kier molecular flexibility index (Phi) is 6.95. The van der Waals surface area contributed by atoms with Gasteiger partial charge in [-0.2, -0.15) is 5.10 Å². The van der Waals surface area contributed by atoms with E-state index in [4.69, 9.17) is 19.9 Å². The third-order valence-electron chi connectivity index (χ3n) is 7.73. The highest BCUT2D eigenvalue weighted by Crippen LogP contribution is 2.47. The van der Waals surface area contributed by atoms with Crippen molar-refractivity contribution in [3.8, 4) is 0 Å². The Labute approximate surface area is 194 Å². The number of amides is 1. The zero-order valence-corrected chi connectivity index (χ0v) is 19.5. The molecule has 0 bridgehead atoms. The lowest BCUT2D eigenvalue weighted by atomic mass is 9.76. The number of fused-ring (bicyclic) bond motifs is 2. The van der Waals surface area contributed by atoms with Crippen LogP contribution in [0.2, 0.25) is 0 Å². The van der Waals surface area contributed by atoms with Gasteiger partial charge in [0.2, 0.25) is 0 Å². The average molecular weight is 455 g/mol. The predicted molar refractivity (Wildman–Crippen MR) is 124 cm³/mol. The van der Waals surface area contributed by atoms with Gasteiger partial charge < -0.3 is 15.3 Å². The third kappa shape index (κ3) is 4.58. The number of aryl methyl sites for hydroxylation is 1. The van der Waals surface area contributed by atoms with Crippen LogP contribution in [0.15, 0.2) is 12.4 Å². The van der Waals surface area contributed by atoms with Crippen molar-refractivity contribution in [1.29, 1.82) is 0 Å². The number of carbonyl (C=O) groups is 2.